The molecule has 2 atom stereocenters. The highest BCUT2D eigenvalue weighted by Crippen LogP contribution is 2.15. The van der Waals surface area contributed by atoms with Crippen LogP contribution in [0.2, 0.25) is 0 Å². The maximum atomic E-state index is 11.8. The number of halogens is 2. The van der Waals surface area contributed by atoms with Crippen molar-refractivity contribution in [1.29, 1.82) is 0 Å². The number of nitrogens with one attached hydrogen (secondary N) is 2. The Kier molecular flexibility index (Phi) is 13.8. The maximum absolute atomic E-state index is 11.8. The fourth-order valence-corrected chi connectivity index (χ4v) is 4.17. The van der Waals surface area contributed by atoms with Crippen LogP contribution in [0.5, 0.6) is 0 Å². The molecule has 0 aromatic rings. The van der Waals surface area contributed by atoms with Crippen molar-refractivity contribution in [2.75, 3.05) is 44.2 Å². The van der Waals surface area contributed by atoms with Crippen molar-refractivity contribution in [2.45, 2.75) is 45.1 Å². The first-order valence-electron chi connectivity index (χ1n) is 8.54. The average molecular weight is 386 g/mol. The maximum Gasteiger partial charge on any atom is 0.221 e. The highest BCUT2D eigenvalue weighted by Gasteiger charge is 2.17. The Morgan fingerprint density at radius 3 is 2.87 bits per heavy atom. The van der Waals surface area contributed by atoms with E-state index in [1.54, 1.807) is 0 Å². The van der Waals surface area contributed by atoms with Crippen molar-refractivity contribution < 1.29 is 4.79 Å². The summed E-state index contributed by atoms with van der Waals surface area (Å²) >= 11 is 1.94. The summed E-state index contributed by atoms with van der Waals surface area (Å²) in [5.74, 6) is 3.31. The number of hydrogen-bond acceptors (Lipinski definition) is 4. The normalized spacial score (nSPS) is 25.1. The van der Waals surface area contributed by atoms with Gasteiger partial charge < -0.3 is 15.5 Å². The lowest BCUT2D eigenvalue weighted by molar-refractivity contribution is -0.121. The lowest BCUT2D eigenvalue weighted by Crippen LogP contribution is -2.41. The molecule has 0 aliphatic carbocycles. The molecular formula is C16H33Cl2N3OS. The van der Waals surface area contributed by atoms with Crippen LogP contribution in [-0.2, 0) is 4.79 Å². The zero-order valence-corrected chi connectivity index (χ0v) is 16.7. The van der Waals surface area contributed by atoms with Gasteiger partial charge in [-0.3, -0.25) is 4.79 Å². The van der Waals surface area contributed by atoms with E-state index in [-0.39, 0.29) is 30.7 Å². The second-order valence-electron chi connectivity index (χ2n) is 6.54. The van der Waals surface area contributed by atoms with Gasteiger partial charge in [-0.15, -0.1) is 24.8 Å². The van der Waals surface area contributed by atoms with Crippen LogP contribution in [0.15, 0.2) is 0 Å². The number of thioether (sulfide) groups is 1. The van der Waals surface area contributed by atoms with Crippen molar-refractivity contribution in [1.82, 2.24) is 15.5 Å². The molecule has 7 heteroatoms. The molecular weight excluding hydrogens is 353 g/mol. The third-order valence-corrected chi connectivity index (χ3v) is 5.53. The molecule has 2 unspecified atom stereocenters. The molecule has 0 saturated carbocycles. The highest BCUT2D eigenvalue weighted by atomic mass is 35.5. The second-order valence-corrected chi connectivity index (χ2v) is 7.68. The predicted octanol–water partition coefficient (Wildman–Crippen LogP) is 2.55. The molecule has 23 heavy (non-hydrogen) atoms. The molecule has 2 aliphatic rings. The van der Waals surface area contributed by atoms with E-state index in [4.69, 9.17) is 0 Å². The van der Waals surface area contributed by atoms with Crippen LogP contribution < -0.4 is 10.6 Å². The van der Waals surface area contributed by atoms with Crippen LogP contribution >= 0.6 is 36.6 Å². The fourth-order valence-electron chi connectivity index (χ4n) is 3.22. The molecule has 4 nitrogen and oxygen atoms in total. The van der Waals surface area contributed by atoms with E-state index in [1.807, 2.05) is 11.8 Å². The standard InChI is InChI=1S/C16H31N3OS.2ClH/c1-14-5-4-9-19(12-14)8-3-2-6-18-16(20)11-15-13-21-10-7-17-15;;/h14-15,17H,2-13H2,1H3,(H,18,20);2*1H. The third-order valence-electron chi connectivity index (χ3n) is 4.39. The minimum atomic E-state index is 0. The lowest BCUT2D eigenvalue weighted by Gasteiger charge is -2.30. The number of hydrogen-bond donors (Lipinski definition) is 2. The lowest BCUT2D eigenvalue weighted by atomic mass is 10.0. The molecule has 2 N–H and O–H groups in total. The number of unbranched alkanes of at least 4 members (excludes halogenated alkanes) is 1. The molecule has 2 saturated heterocycles. The Balaban J connectivity index is 0.00000242. The van der Waals surface area contributed by atoms with Gasteiger partial charge in [-0.2, -0.15) is 11.8 Å². The van der Waals surface area contributed by atoms with Gasteiger partial charge in [0, 0.05) is 43.6 Å². The Morgan fingerprint density at radius 1 is 1.35 bits per heavy atom. The fraction of sp³-hybridized carbons (Fsp3) is 0.938. The van der Waals surface area contributed by atoms with Crippen LogP contribution in [-0.4, -0.2) is 61.1 Å². The highest BCUT2D eigenvalue weighted by molar-refractivity contribution is 7.99. The Labute approximate surface area is 158 Å². The van der Waals surface area contributed by atoms with Gasteiger partial charge in [-0.05, 0) is 44.7 Å². The summed E-state index contributed by atoms with van der Waals surface area (Å²) in [5, 5.41) is 6.48. The van der Waals surface area contributed by atoms with E-state index in [0.717, 1.165) is 31.2 Å². The van der Waals surface area contributed by atoms with E-state index in [2.05, 4.69) is 22.5 Å². The molecule has 2 aliphatic heterocycles. The number of amides is 1. The van der Waals surface area contributed by atoms with Crippen LogP contribution in [0.3, 0.4) is 0 Å². The number of likely N-dealkylation sites (tertiary alicyclic amines) is 1. The Bertz CT molecular complexity index is 318. The van der Waals surface area contributed by atoms with Gasteiger partial charge >= 0.3 is 0 Å². The first-order chi connectivity index (χ1) is 10.2. The van der Waals surface area contributed by atoms with Crippen LogP contribution in [0.4, 0.5) is 0 Å². The van der Waals surface area contributed by atoms with E-state index in [0.29, 0.717) is 12.5 Å². The Morgan fingerprint density at radius 2 is 2.17 bits per heavy atom. The molecule has 2 fully saturated rings. The molecule has 2 rings (SSSR count). The quantitative estimate of drug-likeness (QED) is 0.660. The summed E-state index contributed by atoms with van der Waals surface area (Å²) in [6.45, 7) is 7.95. The van der Waals surface area contributed by atoms with Crippen molar-refractivity contribution in [3.63, 3.8) is 0 Å². The van der Waals surface area contributed by atoms with Crippen molar-refractivity contribution in [2.24, 2.45) is 5.92 Å². The van der Waals surface area contributed by atoms with Crippen molar-refractivity contribution >= 4 is 42.5 Å². The molecule has 138 valence electrons. The number of rotatable bonds is 7. The number of carbonyl (C=O) groups is 1. The SMILES string of the molecule is CC1CCCN(CCCCNC(=O)CC2CSCCN2)C1.Cl.Cl. The number of carbonyl (C=O) groups excluding carboxylic acids is 1. The third kappa shape index (κ3) is 10.0. The van der Waals surface area contributed by atoms with Gasteiger partial charge in [0.15, 0.2) is 0 Å². The summed E-state index contributed by atoms with van der Waals surface area (Å²) in [6.07, 6.45) is 5.68. The molecule has 0 spiro atoms. The molecule has 0 bridgehead atoms. The summed E-state index contributed by atoms with van der Waals surface area (Å²) in [7, 11) is 0. The topological polar surface area (TPSA) is 44.4 Å². The zero-order chi connectivity index (χ0) is 14.9. The molecule has 0 aromatic carbocycles. The zero-order valence-electron chi connectivity index (χ0n) is 14.2. The smallest absolute Gasteiger partial charge is 0.221 e. The first-order valence-corrected chi connectivity index (χ1v) is 9.69. The second kappa shape index (κ2) is 13.6. The minimum Gasteiger partial charge on any atom is -0.356 e. The van der Waals surface area contributed by atoms with Crippen LogP contribution in [0.25, 0.3) is 0 Å². The monoisotopic (exact) mass is 385 g/mol. The van der Waals surface area contributed by atoms with Gasteiger partial charge in [0.05, 0.1) is 0 Å². The summed E-state index contributed by atoms with van der Waals surface area (Å²) in [6, 6.07) is 0.374. The minimum absolute atomic E-state index is 0. The molecule has 0 radical (unpaired) electrons. The van der Waals surface area contributed by atoms with E-state index < -0.39 is 0 Å². The van der Waals surface area contributed by atoms with Crippen LogP contribution in [0.1, 0.15) is 39.0 Å². The van der Waals surface area contributed by atoms with Gasteiger partial charge in [-0.1, -0.05) is 6.92 Å². The summed E-state index contributed by atoms with van der Waals surface area (Å²) in [4.78, 5) is 14.4. The van der Waals surface area contributed by atoms with Crippen molar-refractivity contribution in [3.05, 3.63) is 0 Å². The van der Waals surface area contributed by atoms with Crippen LogP contribution in [0, 0.1) is 5.92 Å². The first kappa shape index (κ1) is 23.3. The largest absolute Gasteiger partial charge is 0.356 e. The summed E-state index contributed by atoms with van der Waals surface area (Å²) in [5.41, 5.74) is 0. The molecule has 1 amide bonds. The van der Waals surface area contributed by atoms with E-state index in [1.165, 1.54) is 44.6 Å². The van der Waals surface area contributed by atoms with E-state index >= 15 is 0 Å². The van der Waals surface area contributed by atoms with Crippen molar-refractivity contribution in [3.8, 4) is 0 Å². The molecule has 0 aromatic heterocycles. The van der Waals surface area contributed by atoms with Gasteiger partial charge in [0.25, 0.3) is 0 Å². The average Bonchev–Trinajstić information content (AvgIpc) is 2.48. The Hall–Kier alpha value is 0.320. The van der Waals surface area contributed by atoms with E-state index in [9.17, 15) is 4.79 Å². The van der Waals surface area contributed by atoms with Gasteiger partial charge in [-0.25, -0.2) is 0 Å². The van der Waals surface area contributed by atoms with Gasteiger partial charge in [0.2, 0.25) is 5.91 Å². The van der Waals surface area contributed by atoms with Gasteiger partial charge in [0.1, 0.15) is 0 Å². The summed E-state index contributed by atoms with van der Waals surface area (Å²) < 4.78 is 0. The number of piperidine rings is 1. The number of nitrogens with zero attached hydrogens (tertiary/aromatic N) is 1. The predicted molar refractivity (Wildman–Crippen MR) is 105 cm³/mol. The molecule has 2 heterocycles.